The SMILES string of the molecule is CCC(CN1CC[C@@H](CNC(=O)c2ccc(Cl)c(Cl)c2)N[C@@H](CCNCc2ccccc2)C1=O)c1ccccc1. The predicted octanol–water partition coefficient (Wildman–Crippen LogP) is 5.66. The Kier molecular flexibility index (Phi) is 11.4. The summed E-state index contributed by atoms with van der Waals surface area (Å²) in [7, 11) is 0. The molecule has 1 aliphatic rings. The minimum Gasteiger partial charge on any atom is -0.350 e. The number of nitrogens with one attached hydrogen (secondary N) is 3. The maximum atomic E-state index is 13.8. The van der Waals surface area contributed by atoms with E-state index in [9.17, 15) is 9.59 Å². The van der Waals surface area contributed by atoms with E-state index < -0.39 is 0 Å². The molecule has 0 spiro atoms. The number of halogens is 2. The van der Waals surface area contributed by atoms with Gasteiger partial charge in [0.15, 0.2) is 0 Å². The van der Waals surface area contributed by atoms with Crippen molar-refractivity contribution in [2.45, 2.75) is 50.7 Å². The molecule has 1 saturated heterocycles. The van der Waals surface area contributed by atoms with E-state index in [2.05, 4.69) is 59.3 Å². The predicted molar refractivity (Wildman–Crippen MR) is 163 cm³/mol. The van der Waals surface area contributed by atoms with Gasteiger partial charge in [-0.3, -0.25) is 9.59 Å². The quantitative estimate of drug-likeness (QED) is 0.242. The van der Waals surface area contributed by atoms with Crippen LogP contribution in [0, 0.1) is 0 Å². The second kappa shape index (κ2) is 15.2. The third kappa shape index (κ3) is 8.55. The number of amides is 2. The van der Waals surface area contributed by atoms with Crippen LogP contribution in [0.5, 0.6) is 0 Å². The van der Waals surface area contributed by atoms with E-state index in [1.165, 1.54) is 11.1 Å². The van der Waals surface area contributed by atoms with Crippen molar-refractivity contribution in [1.29, 1.82) is 0 Å². The van der Waals surface area contributed by atoms with E-state index in [1.807, 2.05) is 29.2 Å². The Morgan fingerprint density at radius 2 is 1.75 bits per heavy atom. The lowest BCUT2D eigenvalue weighted by atomic mass is 9.95. The number of hydrogen-bond donors (Lipinski definition) is 3. The highest BCUT2D eigenvalue weighted by molar-refractivity contribution is 6.42. The number of carbonyl (C=O) groups excluding carboxylic acids is 2. The lowest BCUT2D eigenvalue weighted by Crippen LogP contribution is -2.50. The molecule has 0 bridgehead atoms. The molecule has 0 saturated carbocycles. The Labute approximate surface area is 247 Å². The van der Waals surface area contributed by atoms with Gasteiger partial charge in [-0.25, -0.2) is 0 Å². The zero-order valence-electron chi connectivity index (χ0n) is 22.9. The number of nitrogens with zero attached hydrogens (tertiary/aromatic N) is 1. The second-order valence-electron chi connectivity index (χ2n) is 10.3. The Hall–Kier alpha value is -2.90. The van der Waals surface area contributed by atoms with Gasteiger partial charge >= 0.3 is 0 Å². The minimum atomic E-state index is -0.342. The van der Waals surface area contributed by atoms with Gasteiger partial charge < -0.3 is 20.9 Å². The fourth-order valence-corrected chi connectivity index (χ4v) is 5.42. The lowest BCUT2D eigenvalue weighted by Gasteiger charge is -2.28. The van der Waals surface area contributed by atoms with E-state index in [0.717, 1.165) is 19.4 Å². The number of benzene rings is 3. The Bertz CT molecular complexity index is 1240. The van der Waals surface area contributed by atoms with Gasteiger partial charge in [0.2, 0.25) is 5.91 Å². The molecule has 1 unspecified atom stereocenters. The summed E-state index contributed by atoms with van der Waals surface area (Å²) in [5, 5.41) is 10.8. The molecule has 8 heteroatoms. The summed E-state index contributed by atoms with van der Waals surface area (Å²) in [4.78, 5) is 28.6. The third-order valence-electron chi connectivity index (χ3n) is 7.47. The van der Waals surface area contributed by atoms with E-state index in [4.69, 9.17) is 23.2 Å². The Balaban J connectivity index is 1.41. The summed E-state index contributed by atoms with van der Waals surface area (Å²) in [5.41, 5.74) is 2.92. The minimum absolute atomic E-state index is 0.0448. The smallest absolute Gasteiger partial charge is 0.251 e. The highest BCUT2D eigenvalue weighted by Crippen LogP contribution is 2.24. The van der Waals surface area contributed by atoms with Crippen molar-refractivity contribution in [2.24, 2.45) is 0 Å². The monoisotopic (exact) mass is 580 g/mol. The Morgan fingerprint density at radius 3 is 2.45 bits per heavy atom. The normalized spacial score (nSPS) is 18.3. The van der Waals surface area contributed by atoms with Crippen LogP contribution < -0.4 is 16.0 Å². The van der Waals surface area contributed by atoms with Crippen molar-refractivity contribution >= 4 is 35.0 Å². The molecule has 2 amide bonds. The van der Waals surface area contributed by atoms with Crippen LogP contribution in [0.1, 0.15) is 53.6 Å². The van der Waals surface area contributed by atoms with Crippen LogP contribution in [0.2, 0.25) is 10.0 Å². The van der Waals surface area contributed by atoms with E-state index in [-0.39, 0.29) is 29.8 Å². The van der Waals surface area contributed by atoms with Crippen LogP contribution in [-0.2, 0) is 11.3 Å². The first-order chi connectivity index (χ1) is 19.4. The van der Waals surface area contributed by atoms with Crippen LogP contribution in [0.3, 0.4) is 0 Å². The molecule has 40 heavy (non-hydrogen) atoms. The van der Waals surface area contributed by atoms with Gasteiger partial charge in [-0.2, -0.15) is 0 Å². The topological polar surface area (TPSA) is 73.5 Å². The van der Waals surface area contributed by atoms with Crippen molar-refractivity contribution in [1.82, 2.24) is 20.9 Å². The maximum absolute atomic E-state index is 13.8. The molecule has 6 nitrogen and oxygen atoms in total. The van der Waals surface area contributed by atoms with Crippen LogP contribution in [0.15, 0.2) is 78.9 Å². The standard InChI is InChI=1S/C32H38Cl2N4O2/c1-2-24(25-11-7-4-8-12-25)22-38-18-16-27(21-36-31(39)26-13-14-28(33)29(34)19-26)37-30(32(38)40)15-17-35-20-23-9-5-3-6-10-23/h3-14,19,24,27,30,35,37H,2,15-18,20-22H2,1H3,(H,36,39)/t24?,27-,30-/m0/s1. The van der Waals surface area contributed by atoms with Gasteiger partial charge in [0.05, 0.1) is 16.1 Å². The lowest BCUT2D eigenvalue weighted by molar-refractivity contribution is -0.133. The van der Waals surface area contributed by atoms with Crippen LogP contribution >= 0.6 is 23.2 Å². The maximum Gasteiger partial charge on any atom is 0.251 e. The van der Waals surface area contributed by atoms with Crippen LogP contribution in [-0.4, -0.2) is 55.0 Å². The van der Waals surface area contributed by atoms with Gasteiger partial charge in [0.25, 0.3) is 5.91 Å². The molecule has 1 heterocycles. The first-order valence-electron chi connectivity index (χ1n) is 14.0. The third-order valence-corrected chi connectivity index (χ3v) is 8.21. The summed E-state index contributed by atoms with van der Waals surface area (Å²) in [6.07, 6.45) is 2.35. The molecule has 0 aromatic heterocycles. The van der Waals surface area contributed by atoms with Crippen molar-refractivity contribution < 1.29 is 9.59 Å². The summed E-state index contributed by atoms with van der Waals surface area (Å²) < 4.78 is 0. The van der Waals surface area contributed by atoms with Crippen molar-refractivity contribution in [2.75, 3.05) is 26.2 Å². The second-order valence-corrected chi connectivity index (χ2v) is 11.1. The van der Waals surface area contributed by atoms with Gasteiger partial charge in [-0.15, -0.1) is 0 Å². The fraction of sp³-hybridized carbons (Fsp3) is 0.375. The summed E-state index contributed by atoms with van der Waals surface area (Å²) >= 11 is 12.1. The molecular formula is C32H38Cl2N4O2. The van der Waals surface area contributed by atoms with Gasteiger partial charge in [0, 0.05) is 43.7 Å². The largest absolute Gasteiger partial charge is 0.350 e. The highest BCUT2D eigenvalue weighted by atomic mass is 35.5. The zero-order chi connectivity index (χ0) is 28.3. The zero-order valence-corrected chi connectivity index (χ0v) is 24.4. The molecular weight excluding hydrogens is 543 g/mol. The van der Waals surface area contributed by atoms with Gasteiger partial charge in [-0.05, 0) is 55.1 Å². The molecule has 212 valence electrons. The van der Waals surface area contributed by atoms with E-state index in [0.29, 0.717) is 48.2 Å². The van der Waals surface area contributed by atoms with Crippen LogP contribution in [0.25, 0.3) is 0 Å². The summed E-state index contributed by atoms with van der Waals surface area (Å²) in [6.45, 7) is 5.34. The van der Waals surface area contributed by atoms with Crippen molar-refractivity contribution in [3.05, 3.63) is 106 Å². The average Bonchev–Trinajstić information content (AvgIpc) is 3.13. The molecule has 3 aromatic carbocycles. The van der Waals surface area contributed by atoms with Crippen molar-refractivity contribution in [3.8, 4) is 0 Å². The van der Waals surface area contributed by atoms with Crippen LogP contribution in [0.4, 0.5) is 0 Å². The molecule has 0 radical (unpaired) electrons. The van der Waals surface area contributed by atoms with Gasteiger partial charge in [0.1, 0.15) is 0 Å². The molecule has 3 atom stereocenters. The summed E-state index contributed by atoms with van der Waals surface area (Å²) in [6, 6.07) is 25.1. The first kappa shape index (κ1) is 30.1. The molecule has 3 aromatic rings. The first-order valence-corrected chi connectivity index (χ1v) is 14.8. The number of carbonyl (C=O) groups is 2. The highest BCUT2D eigenvalue weighted by Gasteiger charge is 2.32. The van der Waals surface area contributed by atoms with E-state index >= 15 is 0 Å². The number of hydrogen-bond acceptors (Lipinski definition) is 4. The van der Waals surface area contributed by atoms with E-state index in [1.54, 1.807) is 18.2 Å². The molecule has 1 fully saturated rings. The molecule has 1 aliphatic heterocycles. The molecule has 0 aliphatic carbocycles. The Morgan fingerprint density at radius 1 is 1.02 bits per heavy atom. The summed E-state index contributed by atoms with van der Waals surface area (Å²) in [5.74, 6) is 0.172. The molecule has 3 N–H and O–H groups in total. The molecule has 4 rings (SSSR count). The number of rotatable bonds is 12. The van der Waals surface area contributed by atoms with Crippen molar-refractivity contribution in [3.63, 3.8) is 0 Å². The van der Waals surface area contributed by atoms with Gasteiger partial charge in [-0.1, -0.05) is 90.8 Å². The fourth-order valence-electron chi connectivity index (χ4n) is 5.12. The average molecular weight is 582 g/mol.